The van der Waals surface area contributed by atoms with Gasteiger partial charge < -0.3 is 10.5 Å². The molecule has 0 radical (unpaired) electrons. The number of nitrogens with one attached hydrogen (secondary N) is 1. The summed E-state index contributed by atoms with van der Waals surface area (Å²) < 4.78 is 36.7. The number of thioether (sulfide) groups is 1. The lowest BCUT2D eigenvalue weighted by atomic mass is 9.45. The molecule has 4 saturated carbocycles. The Morgan fingerprint density at radius 2 is 1.94 bits per heavy atom. The van der Waals surface area contributed by atoms with Gasteiger partial charge >= 0.3 is 12.1 Å². The number of alkyl halides is 3. The van der Waals surface area contributed by atoms with Gasteiger partial charge in [0.25, 0.3) is 0 Å². The molecule has 4 fully saturated rings. The maximum atomic E-state index is 12.7. The number of nitrogens with zero attached hydrogens (tertiary/aromatic N) is 1. The van der Waals surface area contributed by atoms with Gasteiger partial charge in [-0.15, -0.1) is 0 Å². The number of unbranched alkanes of at least 4 members (excludes halogenated alkanes) is 1. The number of rotatable bonds is 6. The molecule has 192 valence electrons. The Morgan fingerprint density at radius 1 is 1.18 bits per heavy atom. The third-order valence-electron chi connectivity index (χ3n) is 9.74. The molecule has 0 aliphatic heterocycles. The SMILES string of the molecule is C[C@]12CC[C@H](SCCCCNC(=O)C(F)(F)F)CC1/C(=N/O)C[C@@H]1[C@@H]2CC[C@]2(C)C(=O)CC[C@@H]12. The summed E-state index contributed by atoms with van der Waals surface area (Å²) in [6.07, 6.45) is 4.10. The van der Waals surface area contributed by atoms with E-state index in [2.05, 4.69) is 19.0 Å². The van der Waals surface area contributed by atoms with E-state index < -0.39 is 12.1 Å². The van der Waals surface area contributed by atoms with Crippen molar-refractivity contribution in [2.75, 3.05) is 12.3 Å². The topological polar surface area (TPSA) is 78.8 Å². The lowest BCUT2D eigenvalue weighted by molar-refractivity contribution is -0.173. The highest BCUT2D eigenvalue weighted by Gasteiger charge is 2.61. The van der Waals surface area contributed by atoms with Gasteiger partial charge in [0.2, 0.25) is 0 Å². The molecule has 4 aliphatic rings. The van der Waals surface area contributed by atoms with E-state index in [1.165, 1.54) is 0 Å². The Kier molecular flexibility index (Phi) is 7.34. The maximum Gasteiger partial charge on any atom is 0.471 e. The molecule has 2 N–H and O–H groups in total. The van der Waals surface area contributed by atoms with E-state index in [0.29, 0.717) is 41.6 Å². The predicted molar refractivity (Wildman–Crippen MR) is 126 cm³/mol. The minimum atomic E-state index is -4.82. The first-order valence-corrected chi connectivity index (χ1v) is 13.8. The van der Waals surface area contributed by atoms with Crippen molar-refractivity contribution >= 4 is 29.2 Å². The normalized spacial score (nSPS) is 41.0. The Hall–Kier alpha value is -1.25. The van der Waals surface area contributed by atoms with E-state index in [1.807, 2.05) is 17.1 Å². The molecule has 0 aromatic rings. The van der Waals surface area contributed by atoms with E-state index in [-0.39, 0.29) is 23.3 Å². The first-order chi connectivity index (χ1) is 16.0. The maximum absolute atomic E-state index is 12.7. The molecule has 0 saturated heterocycles. The van der Waals surface area contributed by atoms with Crippen LogP contribution in [0, 0.1) is 34.5 Å². The first kappa shape index (κ1) is 25.8. The van der Waals surface area contributed by atoms with Crippen LogP contribution in [-0.2, 0) is 9.59 Å². The van der Waals surface area contributed by atoms with E-state index in [1.54, 1.807) is 0 Å². The number of hydrogen-bond donors (Lipinski definition) is 2. The molecule has 9 heteroatoms. The van der Waals surface area contributed by atoms with Crippen LogP contribution in [0.1, 0.15) is 78.1 Å². The molecule has 4 aliphatic carbocycles. The van der Waals surface area contributed by atoms with Crippen LogP contribution in [0.25, 0.3) is 0 Å². The summed E-state index contributed by atoms with van der Waals surface area (Å²) in [5, 5.41) is 16.1. The monoisotopic (exact) mass is 502 g/mol. The summed E-state index contributed by atoms with van der Waals surface area (Å²) in [7, 11) is 0. The number of oxime groups is 1. The summed E-state index contributed by atoms with van der Waals surface area (Å²) in [5.41, 5.74) is 0.806. The molecule has 1 amide bonds. The third-order valence-corrected chi connectivity index (χ3v) is 11.2. The number of amides is 1. The van der Waals surface area contributed by atoms with E-state index in [0.717, 1.165) is 62.8 Å². The van der Waals surface area contributed by atoms with Crippen molar-refractivity contribution in [1.82, 2.24) is 5.32 Å². The van der Waals surface area contributed by atoms with Gasteiger partial charge in [-0.3, -0.25) is 9.59 Å². The number of fused-ring (bicyclic) bond motifs is 5. The average Bonchev–Trinajstić information content (AvgIpc) is 3.09. The standard InChI is InChI=1S/C25H37F3N2O3S/c1-23-9-7-15(34-12-4-3-11-29-22(32)25(26,27)28)13-19(23)20(30-33)14-16-17-5-6-21(31)24(17,2)10-8-18(16)23/h15-19,33H,3-14H2,1-2H3,(H,29,32)/b30-20+/t15-,16-,17-,18-,19?,23+,24-/m0/s1. The van der Waals surface area contributed by atoms with Gasteiger partial charge in [-0.05, 0) is 86.7 Å². The molecule has 0 aromatic carbocycles. The van der Waals surface area contributed by atoms with Crippen LogP contribution in [0.2, 0.25) is 0 Å². The number of carbonyl (C=O) groups excluding carboxylic acids is 2. The van der Waals surface area contributed by atoms with Crippen molar-refractivity contribution in [1.29, 1.82) is 0 Å². The van der Waals surface area contributed by atoms with Crippen molar-refractivity contribution in [3.63, 3.8) is 0 Å². The van der Waals surface area contributed by atoms with Crippen LogP contribution in [0.5, 0.6) is 0 Å². The quantitative estimate of drug-likeness (QED) is 0.282. The average molecular weight is 503 g/mol. The second kappa shape index (κ2) is 9.66. The van der Waals surface area contributed by atoms with Crippen LogP contribution in [0.15, 0.2) is 5.16 Å². The van der Waals surface area contributed by atoms with Gasteiger partial charge in [-0.1, -0.05) is 19.0 Å². The van der Waals surface area contributed by atoms with Crippen LogP contribution in [0.4, 0.5) is 13.2 Å². The van der Waals surface area contributed by atoms with Gasteiger partial charge in [-0.25, -0.2) is 0 Å². The van der Waals surface area contributed by atoms with Crippen molar-refractivity contribution in [2.24, 2.45) is 39.7 Å². The zero-order valence-corrected chi connectivity index (χ0v) is 20.9. The first-order valence-electron chi connectivity index (χ1n) is 12.7. The summed E-state index contributed by atoms with van der Waals surface area (Å²) in [5.74, 6) is 1.03. The van der Waals surface area contributed by atoms with Crippen molar-refractivity contribution in [3.05, 3.63) is 0 Å². The van der Waals surface area contributed by atoms with Gasteiger partial charge in [0.15, 0.2) is 0 Å². The molecular formula is C25H37F3N2O3S. The predicted octanol–water partition coefficient (Wildman–Crippen LogP) is 5.60. The summed E-state index contributed by atoms with van der Waals surface area (Å²) in [6, 6.07) is 0. The largest absolute Gasteiger partial charge is 0.471 e. The Morgan fingerprint density at radius 3 is 2.65 bits per heavy atom. The van der Waals surface area contributed by atoms with Gasteiger partial charge in [-0.2, -0.15) is 24.9 Å². The highest BCUT2D eigenvalue weighted by molar-refractivity contribution is 7.99. The van der Waals surface area contributed by atoms with Crippen molar-refractivity contribution < 1.29 is 28.0 Å². The number of carbonyl (C=O) groups is 2. The van der Waals surface area contributed by atoms with E-state index in [4.69, 9.17) is 0 Å². The second-order valence-corrected chi connectivity index (χ2v) is 12.8. The van der Waals surface area contributed by atoms with E-state index >= 15 is 0 Å². The number of Topliss-reactive ketones (excluding diaryl/α,β-unsaturated/α-hetero) is 1. The van der Waals surface area contributed by atoms with Crippen LogP contribution in [0.3, 0.4) is 0 Å². The van der Waals surface area contributed by atoms with Crippen LogP contribution < -0.4 is 5.32 Å². The molecule has 4 rings (SSSR count). The highest BCUT2D eigenvalue weighted by Crippen LogP contribution is 2.65. The van der Waals surface area contributed by atoms with Crippen LogP contribution >= 0.6 is 11.8 Å². The second-order valence-electron chi connectivity index (χ2n) is 11.4. The van der Waals surface area contributed by atoms with Crippen molar-refractivity contribution in [3.8, 4) is 0 Å². The lowest BCUT2D eigenvalue weighted by Crippen LogP contribution is -2.56. The molecule has 1 unspecified atom stereocenters. The number of hydrogen-bond acceptors (Lipinski definition) is 5. The zero-order chi connectivity index (χ0) is 24.7. The molecule has 0 aromatic heterocycles. The zero-order valence-electron chi connectivity index (χ0n) is 20.1. The number of halogens is 3. The fourth-order valence-electron chi connectivity index (χ4n) is 7.84. The highest BCUT2D eigenvalue weighted by atomic mass is 32.2. The number of ketones is 1. The Labute approximate surface area is 204 Å². The summed E-state index contributed by atoms with van der Waals surface area (Å²) in [4.78, 5) is 23.5. The molecular weight excluding hydrogens is 465 g/mol. The summed E-state index contributed by atoms with van der Waals surface area (Å²) in [6.45, 7) is 4.58. The van der Waals surface area contributed by atoms with Gasteiger partial charge in [0.1, 0.15) is 5.78 Å². The van der Waals surface area contributed by atoms with E-state index in [9.17, 15) is 28.0 Å². The lowest BCUT2D eigenvalue weighted by Gasteiger charge is -2.60. The fraction of sp³-hybridized carbons (Fsp3) is 0.880. The smallest absolute Gasteiger partial charge is 0.411 e. The van der Waals surface area contributed by atoms with Crippen molar-refractivity contribution in [2.45, 2.75) is 89.5 Å². The molecule has 7 atom stereocenters. The molecule has 0 heterocycles. The molecule has 0 bridgehead atoms. The molecule has 34 heavy (non-hydrogen) atoms. The minimum absolute atomic E-state index is 0.0389. The Balaban J connectivity index is 1.31. The summed E-state index contributed by atoms with van der Waals surface area (Å²) >= 11 is 1.86. The Bertz CT molecular complexity index is 835. The molecule has 5 nitrogen and oxygen atoms in total. The van der Waals surface area contributed by atoms with Crippen LogP contribution in [-0.4, -0.2) is 46.3 Å². The molecule has 0 spiro atoms. The fourth-order valence-corrected chi connectivity index (χ4v) is 9.16. The third kappa shape index (κ3) is 4.62. The minimum Gasteiger partial charge on any atom is -0.411 e. The van der Waals surface area contributed by atoms with Gasteiger partial charge in [0.05, 0.1) is 5.71 Å². The van der Waals surface area contributed by atoms with Gasteiger partial charge in [0, 0.05) is 29.5 Å².